The lowest BCUT2D eigenvalue weighted by Gasteiger charge is -2.05. The Bertz CT molecular complexity index is 620. The molecule has 6 heteroatoms. The molecule has 2 rings (SSSR count). The van der Waals surface area contributed by atoms with Crippen LogP contribution in [0, 0.1) is 12.3 Å². The summed E-state index contributed by atoms with van der Waals surface area (Å²) >= 11 is 1.55. The Labute approximate surface area is 116 Å². The minimum Gasteiger partial charge on any atom is -0.304 e. The predicted octanol–water partition coefficient (Wildman–Crippen LogP) is 1.48. The molecule has 0 fully saturated rings. The molecule has 0 aliphatic rings. The first-order valence-electron chi connectivity index (χ1n) is 5.70. The summed E-state index contributed by atoms with van der Waals surface area (Å²) in [6, 6.07) is 9.76. The number of imidazole rings is 1. The third-order valence-corrected chi connectivity index (χ3v) is 3.10. The number of rotatable bonds is 5. The van der Waals surface area contributed by atoms with Crippen molar-refractivity contribution in [3.63, 3.8) is 0 Å². The van der Waals surface area contributed by atoms with Gasteiger partial charge in [-0.3, -0.25) is 9.40 Å². The Kier molecular flexibility index (Phi) is 4.59. The lowest BCUT2D eigenvalue weighted by atomic mass is 10.3. The van der Waals surface area contributed by atoms with Gasteiger partial charge >= 0.3 is 0 Å². The van der Waals surface area contributed by atoms with E-state index in [-0.39, 0.29) is 0 Å². The quantitative estimate of drug-likeness (QED) is 0.641. The molecular formula is C13H15N5S. The highest BCUT2D eigenvalue weighted by Crippen LogP contribution is 2.02. The highest BCUT2D eigenvalue weighted by atomic mass is 32.2. The van der Waals surface area contributed by atoms with Gasteiger partial charge in [0.25, 0.3) is 0 Å². The van der Waals surface area contributed by atoms with Crippen LogP contribution in [0.15, 0.2) is 47.8 Å². The fraction of sp³-hybridized carbons (Fsp3) is 0.154. The summed E-state index contributed by atoms with van der Waals surface area (Å²) in [5, 5.41) is 4.30. The summed E-state index contributed by atoms with van der Waals surface area (Å²) in [7, 11) is 0. The lowest BCUT2D eigenvalue weighted by molar-refractivity contribution is 0.704. The number of nitrogens with one attached hydrogen (secondary N) is 2. The fourth-order valence-electron chi connectivity index (χ4n) is 1.54. The van der Waals surface area contributed by atoms with Gasteiger partial charge in [0, 0.05) is 18.6 Å². The number of para-hydroxylation sites is 1. The number of hydrogen-bond acceptors (Lipinski definition) is 4. The monoisotopic (exact) mass is 273 g/mol. The maximum Gasteiger partial charge on any atom is 0.240 e. The molecule has 0 saturated heterocycles. The zero-order valence-electron chi connectivity index (χ0n) is 10.6. The van der Waals surface area contributed by atoms with E-state index >= 15 is 0 Å². The van der Waals surface area contributed by atoms with Crippen molar-refractivity contribution in [2.45, 2.75) is 6.54 Å². The molecule has 0 radical (unpaired) electrons. The van der Waals surface area contributed by atoms with Crippen LogP contribution in [0.25, 0.3) is 0 Å². The van der Waals surface area contributed by atoms with Crippen molar-refractivity contribution in [1.82, 2.24) is 14.1 Å². The molecule has 1 aromatic carbocycles. The Hall–Kier alpha value is -2.26. The summed E-state index contributed by atoms with van der Waals surface area (Å²) in [6.07, 6.45) is 11.1. The van der Waals surface area contributed by atoms with Crippen molar-refractivity contribution in [3.05, 3.63) is 48.3 Å². The molecule has 1 aromatic heterocycles. The van der Waals surface area contributed by atoms with Gasteiger partial charge in [-0.25, -0.2) is 5.53 Å². The maximum absolute atomic E-state index is 5.34. The average molecular weight is 273 g/mol. The first-order chi connectivity index (χ1) is 9.35. The van der Waals surface area contributed by atoms with Crippen molar-refractivity contribution >= 4 is 17.6 Å². The van der Waals surface area contributed by atoms with Gasteiger partial charge in [-0.05, 0) is 24.1 Å². The van der Waals surface area contributed by atoms with Crippen LogP contribution < -0.4 is 16.6 Å². The van der Waals surface area contributed by atoms with Crippen LogP contribution in [0.5, 0.6) is 0 Å². The normalized spacial score (nSPS) is 11.1. The molecule has 0 amide bonds. The molecule has 5 nitrogen and oxygen atoms in total. The Balaban J connectivity index is 2.14. The summed E-state index contributed by atoms with van der Waals surface area (Å²) in [6.45, 7) is 0.486. The highest BCUT2D eigenvalue weighted by Gasteiger charge is 1.98. The summed E-state index contributed by atoms with van der Waals surface area (Å²) < 4.78 is 3.81. The van der Waals surface area contributed by atoms with Gasteiger partial charge in [0.05, 0.1) is 12.2 Å². The Morgan fingerprint density at radius 3 is 2.79 bits per heavy atom. The molecule has 0 aliphatic carbocycles. The Morgan fingerprint density at radius 1 is 1.32 bits per heavy atom. The number of benzene rings is 1. The molecular weight excluding hydrogens is 258 g/mol. The second-order valence-electron chi connectivity index (χ2n) is 3.65. The number of aromatic nitrogens is 2. The van der Waals surface area contributed by atoms with E-state index in [9.17, 15) is 0 Å². The first kappa shape index (κ1) is 13.2. The number of hydrazine groups is 1. The van der Waals surface area contributed by atoms with Crippen LogP contribution in [0.4, 0.5) is 5.69 Å². The van der Waals surface area contributed by atoms with Crippen molar-refractivity contribution in [2.24, 2.45) is 5.10 Å². The van der Waals surface area contributed by atoms with E-state index in [2.05, 4.69) is 22.0 Å². The zero-order valence-corrected chi connectivity index (χ0v) is 11.4. The molecule has 19 heavy (non-hydrogen) atoms. The summed E-state index contributed by atoms with van der Waals surface area (Å²) in [5.74, 6) is 2.60. The molecule has 0 aliphatic heterocycles. The van der Waals surface area contributed by atoms with Crippen LogP contribution >= 0.6 is 11.9 Å². The van der Waals surface area contributed by atoms with E-state index in [0.29, 0.717) is 6.54 Å². The highest BCUT2D eigenvalue weighted by molar-refractivity contribution is 7.97. The van der Waals surface area contributed by atoms with Crippen molar-refractivity contribution in [1.29, 1.82) is 0 Å². The van der Waals surface area contributed by atoms with E-state index in [1.165, 1.54) is 0 Å². The van der Waals surface area contributed by atoms with Gasteiger partial charge in [0.15, 0.2) is 0 Å². The number of hydrogen-bond donors (Lipinski definition) is 2. The zero-order chi connectivity index (χ0) is 13.5. The third kappa shape index (κ3) is 3.36. The van der Waals surface area contributed by atoms with Crippen LogP contribution in [-0.2, 0) is 6.54 Å². The molecule has 0 unspecified atom stereocenters. The SMILES string of the molecule is C#CCn1ccn(SC)/c1=N\NNc1ccccc1. The van der Waals surface area contributed by atoms with Crippen LogP contribution in [0.1, 0.15) is 0 Å². The molecule has 2 aromatic rings. The Morgan fingerprint density at radius 2 is 2.11 bits per heavy atom. The average Bonchev–Trinajstić information content (AvgIpc) is 2.83. The van der Waals surface area contributed by atoms with Crippen LogP contribution in [0.3, 0.4) is 0 Å². The fourth-order valence-corrected chi connectivity index (χ4v) is 2.03. The van der Waals surface area contributed by atoms with Crippen LogP contribution in [0.2, 0.25) is 0 Å². The van der Waals surface area contributed by atoms with Gasteiger partial charge in [0.1, 0.15) is 0 Å². The predicted molar refractivity (Wildman–Crippen MR) is 78.9 cm³/mol. The van der Waals surface area contributed by atoms with E-state index in [0.717, 1.165) is 11.3 Å². The second-order valence-corrected chi connectivity index (χ2v) is 4.41. The van der Waals surface area contributed by atoms with Gasteiger partial charge < -0.3 is 4.57 Å². The van der Waals surface area contributed by atoms with Crippen molar-refractivity contribution < 1.29 is 0 Å². The first-order valence-corrected chi connectivity index (χ1v) is 6.89. The summed E-state index contributed by atoms with van der Waals surface area (Å²) in [4.78, 5) is 0. The van der Waals surface area contributed by atoms with Gasteiger partial charge in [-0.1, -0.05) is 24.1 Å². The molecule has 0 spiro atoms. The maximum atomic E-state index is 5.34. The summed E-state index contributed by atoms with van der Waals surface area (Å²) in [5.41, 5.74) is 7.51. The minimum atomic E-state index is 0.486. The molecule has 0 bridgehead atoms. The largest absolute Gasteiger partial charge is 0.304 e. The van der Waals surface area contributed by atoms with E-state index in [1.807, 2.05) is 57.5 Å². The van der Waals surface area contributed by atoms with Gasteiger partial charge in [0.2, 0.25) is 5.62 Å². The number of anilines is 1. The molecule has 98 valence electrons. The standard InChI is InChI=1S/C13H15N5S/c1-3-9-17-10-11-18(19-2)13(17)15-16-14-12-7-5-4-6-8-12/h1,4-8,10-11,14,16H,9H2,2H3/b15-13-. The van der Waals surface area contributed by atoms with E-state index in [1.54, 1.807) is 11.9 Å². The number of terminal acetylenes is 1. The molecule has 0 saturated carbocycles. The van der Waals surface area contributed by atoms with Crippen molar-refractivity contribution in [3.8, 4) is 12.3 Å². The lowest BCUT2D eigenvalue weighted by Crippen LogP contribution is -2.28. The van der Waals surface area contributed by atoms with Gasteiger partial charge in [-0.2, -0.15) is 0 Å². The van der Waals surface area contributed by atoms with E-state index < -0.39 is 0 Å². The van der Waals surface area contributed by atoms with Crippen LogP contribution in [-0.4, -0.2) is 14.8 Å². The molecule has 0 atom stereocenters. The minimum absolute atomic E-state index is 0.486. The number of nitrogens with zero attached hydrogens (tertiary/aromatic N) is 3. The van der Waals surface area contributed by atoms with Crippen molar-refractivity contribution in [2.75, 3.05) is 11.7 Å². The van der Waals surface area contributed by atoms with Gasteiger partial charge in [-0.15, -0.1) is 11.5 Å². The molecule has 1 heterocycles. The smallest absolute Gasteiger partial charge is 0.240 e. The third-order valence-electron chi connectivity index (χ3n) is 2.42. The molecule has 2 N–H and O–H groups in total. The van der Waals surface area contributed by atoms with E-state index in [4.69, 9.17) is 6.42 Å². The second kappa shape index (κ2) is 6.61. The topological polar surface area (TPSA) is 46.3 Å².